The topological polar surface area (TPSA) is 20.3 Å². The minimum atomic E-state index is 0.133. The first-order chi connectivity index (χ1) is 9.13. The van der Waals surface area contributed by atoms with Crippen molar-refractivity contribution in [1.29, 1.82) is 0 Å². The second-order valence-corrected chi connectivity index (χ2v) is 5.93. The van der Waals surface area contributed by atoms with Gasteiger partial charge in [-0.25, -0.2) is 0 Å². The predicted molar refractivity (Wildman–Crippen MR) is 84.6 cm³/mol. The molecule has 0 aromatic rings. The van der Waals surface area contributed by atoms with Crippen molar-refractivity contribution in [3.05, 3.63) is 0 Å². The molecule has 1 atom stereocenters. The number of nitrogens with zero attached hydrogens (tertiary/aromatic N) is 1. The summed E-state index contributed by atoms with van der Waals surface area (Å²) in [7, 11) is 4.00. The van der Waals surface area contributed by atoms with E-state index in [0.717, 1.165) is 19.3 Å². The first kappa shape index (κ1) is 18.6. The third kappa shape index (κ3) is 10.1. The van der Waals surface area contributed by atoms with E-state index in [0.29, 0.717) is 5.78 Å². The fourth-order valence-electron chi connectivity index (χ4n) is 2.66. The quantitative estimate of drug-likeness (QED) is 0.447. The molecule has 19 heavy (non-hydrogen) atoms. The van der Waals surface area contributed by atoms with Gasteiger partial charge in [-0.2, -0.15) is 0 Å². The summed E-state index contributed by atoms with van der Waals surface area (Å²) < 4.78 is 0. The van der Waals surface area contributed by atoms with Crippen LogP contribution in [0.2, 0.25) is 0 Å². The van der Waals surface area contributed by atoms with Gasteiger partial charge < -0.3 is 0 Å². The van der Waals surface area contributed by atoms with Crippen LogP contribution in [0.4, 0.5) is 0 Å². The van der Waals surface area contributed by atoms with Crippen molar-refractivity contribution in [2.24, 2.45) is 0 Å². The summed E-state index contributed by atoms with van der Waals surface area (Å²) in [6.45, 7) is 4.35. The fraction of sp³-hybridized carbons (Fsp3) is 0.941. The van der Waals surface area contributed by atoms with E-state index in [9.17, 15) is 4.79 Å². The molecule has 0 radical (unpaired) electrons. The lowest BCUT2D eigenvalue weighted by Gasteiger charge is -2.21. The standard InChI is InChI=1S/C17H35NO/c1-5-7-8-9-10-11-12-13-14-15-17(19)16(6-2)18(3)4/h16H,5-15H2,1-4H3. The molecule has 0 aliphatic rings. The zero-order chi connectivity index (χ0) is 14.5. The van der Waals surface area contributed by atoms with Gasteiger partial charge in [0.1, 0.15) is 5.78 Å². The molecule has 0 aromatic heterocycles. The highest BCUT2D eigenvalue weighted by Crippen LogP contribution is 2.12. The molecule has 0 fully saturated rings. The minimum absolute atomic E-state index is 0.133. The van der Waals surface area contributed by atoms with Crippen LogP contribution in [0.25, 0.3) is 0 Å². The first-order valence-electron chi connectivity index (χ1n) is 8.32. The molecule has 0 aromatic carbocycles. The smallest absolute Gasteiger partial charge is 0.149 e. The summed E-state index contributed by atoms with van der Waals surface area (Å²) >= 11 is 0. The summed E-state index contributed by atoms with van der Waals surface area (Å²) in [4.78, 5) is 14.0. The van der Waals surface area contributed by atoms with E-state index in [2.05, 4.69) is 18.7 Å². The lowest BCUT2D eigenvalue weighted by Crippen LogP contribution is -2.34. The van der Waals surface area contributed by atoms with Crippen molar-refractivity contribution in [2.75, 3.05) is 14.1 Å². The number of hydrogen-bond acceptors (Lipinski definition) is 2. The SMILES string of the molecule is CCCCCCCCCCCC(=O)C(CC)N(C)C. The highest BCUT2D eigenvalue weighted by molar-refractivity contribution is 5.83. The molecule has 0 spiro atoms. The molecule has 2 nitrogen and oxygen atoms in total. The van der Waals surface area contributed by atoms with Crippen molar-refractivity contribution in [1.82, 2.24) is 4.90 Å². The maximum atomic E-state index is 12.0. The molecular formula is C17H35NO. The van der Waals surface area contributed by atoms with E-state index >= 15 is 0 Å². The second-order valence-electron chi connectivity index (χ2n) is 5.93. The predicted octanol–water partition coefficient (Wildman–Crippen LogP) is 4.82. The van der Waals surface area contributed by atoms with E-state index in [1.54, 1.807) is 0 Å². The number of likely N-dealkylation sites (N-methyl/N-ethyl adjacent to an activating group) is 1. The number of rotatable bonds is 13. The van der Waals surface area contributed by atoms with Gasteiger partial charge in [-0.3, -0.25) is 9.69 Å². The monoisotopic (exact) mass is 269 g/mol. The highest BCUT2D eigenvalue weighted by Gasteiger charge is 2.17. The van der Waals surface area contributed by atoms with Gasteiger partial charge >= 0.3 is 0 Å². The van der Waals surface area contributed by atoms with Gasteiger partial charge in [0, 0.05) is 6.42 Å². The summed E-state index contributed by atoms with van der Waals surface area (Å²) in [6.07, 6.45) is 13.5. The van der Waals surface area contributed by atoms with Crippen LogP contribution < -0.4 is 0 Å². The van der Waals surface area contributed by atoms with Gasteiger partial charge in [-0.1, -0.05) is 65.2 Å². The number of unbranched alkanes of at least 4 members (excludes halogenated alkanes) is 8. The van der Waals surface area contributed by atoms with Crippen LogP contribution in [0.3, 0.4) is 0 Å². The maximum Gasteiger partial charge on any atom is 0.149 e. The van der Waals surface area contributed by atoms with E-state index < -0.39 is 0 Å². The summed E-state index contributed by atoms with van der Waals surface area (Å²) in [5.41, 5.74) is 0. The summed E-state index contributed by atoms with van der Waals surface area (Å²) in [5, 5.41) is 0. The van der Waals surface area contributed by atoms with Crippen LogP contribution in [0.15, 0.2) is 0 Å². The van der Waals surface area contributed by atoms with E-state index in [-0.39, 0.29) is 6.04 Å². The zero-order valence-corrected chi connectivity index (χ0v) is 13.7. The lowest BCUT2D eigenvalue weighted by molar-refractivity contribution is -0.123. The molecule has 0 amide bonds. The molecule has 114 valence electrons. The Kier molecular flexibility index (Phi) is 12.4. The van der Waals surface area contributed by atoms with Crippen LogP contribution in [0.1, 0.15) is 84.5 Å². The van der Waals surface area contributed by atoms with Gasteiger partial charge in [-0.15, -0.1) is 0 Å². The van der Waals surface area contributed by atoms with Crippen LogP contribution >= 0.6 is 0 Å². The number of Topliss-reactive ketones (excluding diaryl/α,β-unsaturated/α-hetero) is 1. The van der Waals surface area contributed by atoms with Crippen molar-refractivity contribution in [3.63, 3.8) is 0 Å². The molecule has 0 saturated carbocycles. The van der Waals surface area contributed by atoms with Crippen molar-refractivity contribution in [3.8, 4) is 0 Å². The third-order valence-corrected chi connectivity index (χ3v) is 3.91. The molecule has 2 heteroatoms. The number of carbonyl (C=O) groups is 1. The fourth-order valence-corrected chi connectivity index (χ4v) is 2.66. The number of carbonyl (C=O) groups excluding carboxylic acids is 1. The average Bonchev–Trinajstić information content (AvgIpc) is 2.37. The lowest BCUT2D eigenvalue weighted by atomic mass is 10.0. The Morgan fingerprint density at radius 3 is 1.74 bits per heavy atom. The van der Waals surface area contributed by atoms with Crippen LogP contribution in [0.5, 0.6) is 0 Å². The molecule has 0 saturated heterocycles. The van der Waals surface area contributed by atoms with Gasteiger partial charge in [0.2, 0.25) is 0 Å². The Balaban J connectivity index is 3.41. The molecular weight excluding hydrogens is 234 g/mol. The molecule has 0 N–H and O–H groups in total. The van der Waals surface area contributed by atoms with E-state index in [1.165, 1.54) is 51.4 Å². The molecule has 0 aliphatic heterocycles. The van der Waals surface area contributed by atoms with Gasteiger partial charge in [0.15, 0.2) is 0 Å². The van der Waals surface area contributed by atoms with Crippen molar-refractivity contribution < 1.29 is 4.79 Å². The number of hydrogen-bond donors (Lipinski definition) is 0. The molecule has 0 rings (SSSR count). The van der Waals surface area contributed by atoms with Crippen molar-refractivity contribution in [2.45, 2.75) is 90.5 Å². The van der Waals surface area contributed by atoms with Crippen molar-refractivity contribution >= 4 is 5.78 Å². The van der Waals surface area contributed by atoms with Gasteiger partial charge in [-0.05, 0) is 26.9 Å². The Labute approximate surface area is 120 Å². The second kappa shape index (κ2) is 12.7. The van der Waals surface area contributed by atoms with E-state index in [1.807, 2.05) is 14.1 Å². The molecule has 0 heterocycles. The molecule has 0 aliphatic carbocycles. The van der Waals surface area contributed by atoms with Gasteiger partial charge in [0.25, 0.3) is 0 Å². The van der Waals surface area contributed by atoms with E-state index in [4.69, 9.17) is 0 Å². The summed E-state index contributed by atoms with van der Waals surface area (Å²) in [5.74, 6) is 0.426. The zero-order valence-electron chi connectivity index (χ0n) is 13.7. The Hall–Kier alpha value is -0.370. The highest BCUT2D eigenvalue weighted by atomic mass is 16.1. The Morgan fingerprint density at radius 1 is 0.842 bits per heavy atom. The Bertz CT molecular complexity index is 213. The largest absolute Gasteiger partial charge is 0.300 e. The molecule has 1 unspecified atom stereocenters. The first-order valence-corrected chi connectivity index (χ1v) is 8.32. The minimum Gasteiger partial charge on any atom is -0.300 e. The number of ketones is 1. The van der Waals surface area contributed by atoms with Gasteiger partial charge in [0.05, 0.1) is 6.04 Å². The third-order valence-electron chi connectivity index (χ3n) is 3.91. The van der Waals surface area contributed by atoms with Crippen LogP contribution in [-0.4, -0.2) is 30.8 Å². The normalized spacial score (nSPS) is 12.9. The van der Waals surface area contributed by atoms with Crippen LogP contribution in [-0.2, 0) is 4.79 Å². The average molecular weight is 269 g/mol. The Morgan fingerprint density at radius 2 is 1.32 bits per heavy atom. The molecule has 0 bridgehead atoms. The van der Waals surface area contributed by atoms with Crippen LogP contribution in [0, 0.1) is 0 Å². The maximum absolute atomic E-state index is 12.0. The summed E-state index contributed by atoms with van der Waals surface area (Å²) in [6, 6.07) is 0.133.